The Kier molecular flexibility index (Phi) is 8.98. The second-order valence-electron chi connectivity index (χ2n) is 6.38. The van der Waals surface area contributed by atoms with Crippen LogP contribution in [0.25, 0.3) is 0 Å². The second kappa shape index (κ2) is 10.2. The smallest absolute Gasteiger partial charge is 0.0834 e. The van der Waals surface area contributed by atoms with Gasteiger partial charge in [-0.2, -0.15) is 0 Å². The predicted octanol–water partition coefficient (Wildman–Crippen LogP) is 2.10. The molecule has 1 aromatic carbocycles. The molecule has 1 fully saturated rings. The SMILES string of the molecule is Cl.N[C@@H](Cc1ccccc1)[C@H](O)CN(N)CC1CCCCC1. The standard InChI is InChI=1S/C17H29N3O.ClH/c18-16(11-14-7-3-1-4-8-14)17(21)13-20(19)12-15-9-5-2-6-10-15;/h1,3-4,7-8,15-17,21H,2,5-6,9-13,18-19H2;1H/t16-,17+;/m0./s1. The summed E-state index contributed by atoms with van der Waals surface area (Å²) >= 11 is 0. The molecular weight excluding hydrogens is 298 g/mol. The molecule has 1 aromatic rings. The van der Waals surface area contributed by atoms with E-state index in [1.165, 1.54) is 32.1 Å². The number of hydrogen-bond acceptors (Lipinski definition) is 4. The van der Waals surface area contributed by atoms with E-state index in [4.69, 9.17) is 11.6 Å². The molecule has 0 bridgehead atoms. The third-order valence-electron chi connectivity index (χ3n) is 4.45. The molecule has 5 N–H and O–H groups in total. The second-order valence-corrected chi connectivity index (χ2v) is 6.38. The van der Waals surface area contributed by atoms with Crippen LogP contribution in [-0.4, -0.2) is 35.4 Å². The van der Waals surface area contributed by atoms with E-state index < -0.39 is 6.10 Å². The van der Waals surface area contributed by atoms with Gasteiger partial charge in [0, 0.05) is 19.1 Å². The summed E-state index contributed by atoms with van der Waals surface area (Å²) in [4.78, 5) is 0. The van der Waals surface area contributed by atoms with Gasteiger partial charge < -0.3 is 10.8 Å². The summed E-state index contributed by atoms with van der Waals surface area (Å²) in [7, 11) is 0. The molecule has 0 aliphatic heterocycles. The summed E-state index contributed by atoms with van der Waals surface area (Å²) in [5, 5.41) is 12.0. The van der Waals surface area contributed by atoms with Gasteiger partial charge in [-0.1, -0.05) is 49.6 Å². The molecule has 0 saturated heterocycles. The van der Waals surface area contributed by atoms with Crippen molar-refractivity contribution in [3.8, 4) is 0 Å². The molecular formula is C17H30ClN3O. The quantitative estimate of drug-likeness (QED) is 0.529. The number of hydrazine groups is 1. The lowest BCUT2D eigenvalue weighted by Crippen LogP contribution is -2.48. The van der Waals surface area contributed by atoms with Gasteiger partial charge in [0.2, 0.25) is 0 Å². The van der Waals surface area contributed by atoms with Gasteiger partial charge in [-0.15, -0.1) is 12.4 Å². The molecule has 0 heterocycles. The fourth-order valence-electron chi connectivity index (χ4n) is 3.17. The molecule has 0 unspecified atom stereocenters. The zero-order valence-electron chi connectivity index (χ0n) is 13.2. The first kappa shape index (κ1) is 19.4. The van der Waals surface area contributed by atoms with E-state index in [9.17, 15) is 5.11 Å². The van der Waals surface area contributed by atoms with E-state index in [0.29, 0.717) is 18.9 Å². The zero-order valence-corrected chi connectivity index (χ0v) is 14.0. The molecule has 1 aliphatic carbocycles. The Hall–Kier alpha value is -0.650. The molecule has 22 heavy (non-hydrogen) atoms. The lowest BCUT2D eigenvalue weighted by molar-refractivity contribution is 0.0792. The van der Waals surface area contributed by atoms with Gasteiger partial charge in [0.05, 0.1) is 6.10 Å². The number of aliphatic hydroxyl groups is 1. The van der Waals surface area contributed by atoms with Crippen LogP contribution in [0.5, 0.6) is 0 Å². The van der Waals surface area contributed by atoms with Crippen LogP contribution in [-0.2, 0) is 6.42 Å². The van der Waals surface area contributed by atoms with Crippen LogP contribution in [0, 0.1) is 5.92 Å². The molecule has 1 saturated carbocycles. The highest BCUT2D eigenvalue weighted by Crippen LogP contribution is 2.23. The predicted molar refractivity (Wildman–Crippen MR) is 93.7 cm³/mol. The van der Waals surface area contributed by atoms with Gasteiger partial charge in [-0.3, -0.25) is 5.84 Å². The van der Waals surface area contributed by atoms with Gasteiger partial charge >= 0.3 is 0 Å². The van der Waals surface area contributed by atoms with Crippen LogP contribution in [0.1, 0.15) is 37.7 Å². The van der Waals surface area contributed by atoms with Gasteiger partial charge in [-0.05, 0) is 30.7 Å². The van der Waals surface area contributed by atoms with E-state index in [-0.39, 0.29) is 18.4 Å². The van der Waals surface area contributed by atoms with E-state index in [1.54, 1.807) is 5.01 Å². The van der Waals surface area contributed by atoms with Crippen LogP contribution in [0.15, 0.2) is 30.3 Å². The molecule has 2 atom stereocenters. The molecule has 0 radical (unpaired) electrons. The van der Waals surface area contributed by atoms with E-state index in [1.807, 2.05) is 30.3 Å². The third-order valence-corrected chi connectivity index (χ3v) is 4.45. The number of nitrogens with two attached hydrogens (primary N) is 2. The zero-order chi connectivity index (χ0) is 15.1. The minimum absolute atomic E-state index is 0. The monoisotopic (exact) mass is 327 g/mol. The Labute approximate surface area is 140 Å². The van der Waals surface area contributed by atoms with E-state index >= 15 is 0 Å². The molecule has 0 amide bonds. The Morgan fingerprint density at radius 3 is 2.41 bits per heavy atom. The van der Waals surface area contributed by atoms with Crippen LogP contribution in [0.3, 0.4) is 0 Å². The number of hydrogen-bond donors (Lipinski definition) is 3. The Morgan fingerprint density at radius 1 is 1.14 bits per heavy atom. The van der Waals surface area contributed by atoms with Gasteiger partial charge in [0.25, 0.3) is 0 Å². The molecule has 1 aliphatic rings. The van der Waals surface area contributed by atoms with Crippen molar-refractivity contribution in [2.45, 2.75) is 50.7 Å². The number of rotatable bonds is 7. The van der Waals surface area contributed by atoms with Gasteiger partial charge in [0.15, 0.2) is 0 Å². The summed E-state index contributed by atoms with van der Waals surface area (Å²) in [6.07, 6.45) is 6.60. The number of halogens is 1. The maximum atomic E-state index is 10.2. The highest BCUT2D eigenvalue weighted by Gasteiger charge is 2.20. The van der Waals surface area contributed by atoms with Gasteiger partial charge in [-0.25, -0.2) is 5.01 Å². The van der Waals surface area contributed by atoms with E-state index in [2.05, 4.69) is 0 Å². The summed E-state index contributed by atoms with van der Waals surface area (Å²) in [5.74, 6) is 6.74. The first-order valence-corrected chi connectivity index (χ1v) is 8.12. The Balaban J connectivity index is 0.00000242. The third kappa shape index (κ3) is 6.63. The van der Waals surface area contributed by atoms with Crippen LogP contribution in [0.2, 0.25) is 0 Å². The fourth-order valence-corrected chi connectivity index (χ4v) is 3.17. The fraction of sp³-hybridized carbons (Fsp3) is 0.647. The largest absolute Gasteiger partial charge is 0.390 e. The molecule has 4 nitrogen and oxygen atoms in total. The van der Waals surface area contributed by atoms with Crippen molar-refractivity contribution < 1.29 is 5.11 Å². The summed E-state index contributed by atoms with van der Waals surface area (Å²) in [5.41, 5.74) is 7.25. The highest BCUT2D eigenvalue weighted by atomic mass is 35.5. The number of benzene rings is 1. The molecule has 126 valence electrons. The topological polar surface area (TPSA) is 75.5 Å². The van der Waals surface area contributed by atoms with Crippen molar-refractivity contribution in [3.63, 3.8) is 0 Å². The lowest BCUT2D eigenvalue weighted by Gasteiger charge is -2.29. The minimum Gasteiger partial charge on any atom is -0.390 e. The van der Waals surface area contributed by atoms with Crippen molar-refractivity contribution in [1.82, 2.24) is 5.01 Å². The summed E-state index contributed by atoms with van der Waals surface area (Å²) in [6.45, 7) is 1.32. The first-order valence-electron chi connectivity index (χ1n) is 8.12. The lowest BCUT2D eigenvalue weighted by atomic mass is 9.89. The van der Waals surface area contributed by atoms with Crippen LogP contribution >= 0.6 is 12.4 Å². The average molecular weight is 328 g/mol. The number of aliphatic hydroxyl groups excluding tert-OH is 1. The van der Waals surface area contributed by atoms with Crippen molar-refractivity contribution in [2.24, 2.45) is 17.5 Å². The maximum absolute atomic E-state index is 10.2. The summed E-state index contributed by atoms with van der Waals surface area (Å²) in [6, 6.07) is 9.77. The minimum atomic E-state index is -0.584. The Bertz CT molecular complexity index is 398. The van der Waals surface area contributed by atoms with Crippen molar-refractivity contribution >= 4 is 12.4 Å². The van der Waals surface area contributed by atoms with Crippen molar-refractivity contribution in [3.05, 3.63) is 35.9 Å². The maximum Gasteiger partial charge on any atom is 0.0834 e. The normalized spacial score (nSPS) is 18.7. The van der Waals surface area contributed by atoms with Crippen molar-refractivity contribution in [2.75, 3.05) is 13.1 Å². The molecule has 0 aromatic heterocycles. The summed E-state index contributed by atoms with van der Waals surface area (Å²) < 4.78 is 0. The van der Waals surface area contributed by atoms with E-state index in [0.717, 1.165) is 12.1 Å². The van der Waals surface area contributed by atoms with Crippen LogP contribution < -0.4 is 11.6 Å². The van der Waals surface area contributed by atoms with Crippen molar-refractivity contribution in [1.29, 1.82) is 0 Å². The van der Waals surface area contributed by atoms with Crippen LogP contribution in [0.4, 0.5) is 0 Å². The molecule has 0 spiro atoms. The highest BCUT2D eigenvalue weighted by molar-refractivity contribution is 5.85. The Morgan fingerprint density at radius 2 is 1.77 bits per heavy atom. The molecule has 5 heteroatoms. The van der Waals surface area contributed by atoms with Gasteiger partial charge in [0.1, 0.15) is 0 Å². The number of nitrogens with zero attached hydrogens (tertiary/aromatic N) is 1. The first-order chi connectivity index (χ1) is 10.1. The molecule has 2 rings (SSSR count). The average Bonchev–Trinajstić information content (AvgIpc) is 2.49.